The van der Waals surface area contributed by atoms with Crippen molar-refractivity contribution in [1.82, 2.24) is 9.80 Å². The van der Waals surface area contributed by atoms with Gasteiger partial charge >= 0.3 is 0 Å². The van der Waals surface area contributed by atoms with E-state index in [2.05, 4.69) is 17.0 Å². The van der Waals surface area contributed by atoms with Crippen molar-refractivity contribution in [3.8, 4) is 17.2 Å². The van der Waals surface area contributed by atoms with Gasteiger partial charge in [0.15, 0.2) is 11.5 Å². The number of rotatable bonds is 10. The first-order valence-electron chi connectivity index (χ1n) is 10.7. The molecule has 7 nitrogen and oxygen atoms in total. The molecule has 1 saturated heterocycles. The van der Waals surface area contributed by atoms with E-state index in [1.54, 1.807) is 33.1 Å². The Kier molecular flexibility index (Phi) is 9.08. The molecule has 0 bridgehead atoms. The zero-order chi connectivity index (χ0) is 22.9. The van der Waals surface area contributed by atoms with Gasteiger partial charge < -0.3 is 24.8 Å². The average molecular weight is 460 g/mol. The van der Waals surface area contributed by atoms with Gasteiger partial charge in [0.2, 0.25) is 11.7 Å². The minimum Gasteiger partial charge on any atom is -0.493 e. The maximum atomic E-state index is 12.8. The number of ether oxygens (including phenoxy) is 3. The van der Waals surface area contributed by atoms with Crippen LogP contribution in [0.2, 0.25) is 0 Å². The van der Waals surface area contributed by atoms with E-state index in [0.29, 0.717) is 42.6 Å². The average Bonchev–Trinajstić information content (AvgIpc) is 2.84. The summed E-state index contributed by atoms with van der Waals surface area (Å²) in [5.74, 6) is 3.44. The highest BCUT2D eigenvalue weighted by atomic mass is 32.2. The maximum absolute atomic E-state index is 12.8. The standard InChI is InChI=1S/C24H33N3O4S/c1-29-21-10-9-19(22(30-2)23(21)31-3)15-26-11-13-27(14-12-26)24(28)20(25)17-32-16-18-7-5-4-6-8-18/h4-10,20H,11-17,25H2,1-3H3/t20-/m0/s1. The maximum Gasteiger partial charge on any atom is 0.240 e. The molecule has 174 valence electrons. The summed E-state index contributed by atoms with van der Waals surface area (Å²) in [5, 5.41) is 0. The van der Waals surface area contributed by atoms with E-state index in [4.69, 9.17) is 19.9 Å². The topological polar surface area (TPSA) is 77.3 Å². The molecule has 32 heavy (non-hydrogen) atoms. The van der Waals surface area contributed by atoms with Gasteiger partial charge in [-0.05, 0) is 11.6 Å². The number of hydrogen-bond acceptors (Lipinski definition) is 7. The molecular weight excluding hydrogens is 426 g/mol. The number of thioether (sulfide) groups is 1. The van der Waals surface area contributed by atoms with E-state index in [1.807, 2.05) is 35.2 Å². The summed E-state index contributed by atoms with van der Waals surface area (Å²) in [6.45, 7) is 3.63. The largest absolute Gasteiger partial charge is 0.493 e. The number of nitrogens with zero attached hydrogens (tertiary/aromatic N) is 2. The highest BCUT2D eigenvalue weighted by molar-refractivity contribution is 7.98. The zero-order valence-electron chi connectivity index (χ0n) is 19.1. The van der Waals surface area contributed by atoms with Crippen LogP contribution in [-0.2, 0) is 17.1 Å². The molecule has 2 aromatic rings. The molecule has 2 N–H and O–H groups in total. The van der Waals surface area contributed by atoms with Gasteiger partial charge in [-0.3, -0.25) is 9.69 Å². The van der Waals surface area contributed by atoms with Crippen molar-refractivity contribution in [2.75, 3.05) is 53.3 Å². The van der Waals surface area contributed by atoms with Crippen LogP contribution in [0.3, 0.4) is 0 Å². The van der Waals surface area contributed by atoms with Crippen LogP contribution in [0.15, 0.2) is 42.5 Å². The molecule has 0 aliphatic carbocycles. The Bertz CT molecular complexity index is 873. The Balaban J connectivity index is 1.49. The van der Waals surface area contributed by atoms with Crippen molar-refractivity contribution >= 4 is 17.7 Å². The van der Waals surface area contributed by atoms with Crippen LogP contribution >= 0.6 is 11.8 Å². The normalized spacial score (nSPS) is 15.3. The second kappa shape index (κ2) is 12.0. The summed E-state index contributed by atoms with van der Waals surface area (Å²) in [6, 6.07) is 13.7. The quantitative estimate of drug-likeness (QED) is 0.585. The Morgan fingerprint density at radius 2 is 1.66 bits per heavy atom. The molecule has 0 radical (unpaired) electrons. The number of amides is 1. The van der Waals surface area contributed by atoms with Gasteiger partial charge in [0, 0.05) is 49.8 Å². The van der Waals surface area contributed by atoms with Gasteiger partial charge in [0.05, 0.1) is 27.4 Å². The number of carbonyl (C=O) groups excluding carboxylic acids is 1. The minimum absolute atomic E-state index is 0.0360. The van der Waals surface area contributed by atoms with Crippen molar-refractivity contribution < 1.29 is 19.0 Å². The lowest BCUT2D eigenvalue weighted by atomic mass is 10.1. The molecule has 3 rings (SSSR count). The van der Waals surface area contributed by atoms with Crippen molar-refractivity contribution in [3.63, 3.8) is 0 Å². The van der Waals surface area contributed by atoms with Crippen LogP contribution in [-0.4, -0.2) is 75.0 Å². The van der Waals surface area contributed by atoms with Gasteiger partial charge in [-0.25, -0.2) is 0 Å². The summed E-state index contributed by atoms with van der Waals surface area (Å²) < 4.78 is 16.4. The van der Waals surface area contributed by atoms with Crippen LogP contribution in [0.4, 0.5) is 0 Å². The molecule has 0 unspecified atom stereocenters. The minimum atomic E-state index is -0.471. The third-order valence-corrected chi connectivity index (χ3v) is 6.72. The predicted molar refractivity (Wildman–Crippen MR) is 129 cm³/mol. The van der Waals surface area contributed by atoms with Gasteiger partial charge in [-0.2, -0.15) is 11.8 Å². The molecule has 2 aromatic carbocycles. The first-order valence-corrected chi connectivity index (χ1v) is 11.9. The molecule has 1 amide bonds. The molecule has 1 aliphatic heterocycles. The monoisotopic (exact) mass is 459 g/mol. The van der Waals surface area contributed by atoms with E-state index in [1.165, 1.54) is 5.56 Å². The van der Waals surface area contributed by atoms with Crippen molar-refractivity contribution in [2.45, 2.75) is 18.3 Å². The molecular formula is C24H33N3O4S. The lowest BCUT2D eigenvalue weighted by molar-refractivity contribution is -0.133. The summed E-state index contributed by atoms with van der Waals surface area (Å²) in [7, 11) is 4.85. The van der Waals surface area contributed by atoms with Crippen molar-refractivity contribution in [2.24, 2.45) is 5.73 Å². The van der Waals surface area contributed by atoms with Crippen LogP contribution in [0.1, 0.15) is 11.1 Å². The summed E-state index contributed by atoms with van der Waals surface area (Å²) >= 11 is 1.70. The van der Waals surface area contributed by atoms with Gasteiger partial charge in [0.25, 0.3) is 0 Å². The Labute approximate surface area is 194 Å². The van der Waals surface area contributed by atoms with Gasteiger partial charge in [0.1, 0.15) is 0 Å². The van der Waals surface area contributed by atoms with Crippen molar-refractivity contribution in [1.29, 1.82) is 0 Å². The number of hydrogen-bond donors (Lipinski definition) is 1. The van der Waals surface area contributed by atoms with Crippen molar-refractivity contribution in [3.05, 3.63) is 53.6 Å². The number of nitrogens with two attached hydrogens (primary N) is 1. The Morgan fingerprint density at radius 1 is 0.969 bits per heavy atom. The molecule has 1 atom stereocenters. The zero-order valence-corrected chi connectivity index (χ0v) is 19.9. The summed E-state index contributed by atoms with van der Waals surface area (Å²) in [5.41, 5.74) is 8.47. The van der Waals surface area contributed by atoms with Gasteiger partial charge in [-0.15, -0.1) is 0 Å². The fourth-order valence-corrected chi connectivity index (χ4v) is 4.78. The van der Waals surface area contributed by atoms with E-state index in [0.717, 1.165) is 24.4 Å². The van der Waals surface area contributed by atoms with Gasteiger partial charge in [-0.1, -0.05) is 36.4 Å². The van der Waals surface area contributed by atoms with E-state index < -0.39 is 6.04 Å². The lowest BCUT2D eigenvalue weighted by Crippen LogP contribution is -2.53. The molecule has 1 fully saturated rings. The van der Waals surface area contributed by atoms with Crippen LogP contribution in [0.25, 0.3) is 0 Å². The van der Waals surface area contributed by atoms with Crippen LogP contribution in [0.5, 0.6) is 17.2 Å². The third-order valence-electron chi connectivity index (χ3n) is 5.59. The van der Waals surface area contributed by atoms with E-state index in [9.17, 15) is 4.79 Å². The summed E-state index contributed by atoms with van der Waals surface area (Å²) in [4.78, 5) is 17.0. The Morgan fingerprint density at radius 3 is 2.28 bits per heavy atom. The smallest absolute Gasteiger partial charge is 0.240 e. The molecule has 1 heterocycles. The first-order chi connectivity index (χ1) is 15.6. The third kappa shape index (κ3) is 6.09. The molecule has 8 heteroatoms. The number of piperazine rings is 1. The fraction of sp³-hybridized carbons (Fsp3) is 0.458. The first kappa shape index (κ1) is 24.2. The number of methoxy groups -OCH3 is 3. The highest BCUT2D eigenvalue weighted by Gasteiger charge is 2.26. The fourth-order valence-electron chi connectivity index (χ4n) is 3.84. The molecule has 0 aromatic heterocycles. The molecule has 0 saturated carbocycles. The predicted octanol–water partition coefficient (Wildman–Crippen LogP) is 2.62. The molecule has 0 spiro atoms. The van der Waals surface area contributed by atoms with E-state index in [-0.39, 0.29) is 5.91 Å². The summed E-state index contributed by atoms with van der Waals surface area (Å²) in [6.07, 6.45) is 0. The Hall–Kier alpha value is -2.42. The second-order valence-electron chi connectivity index (χ2n) is 7.70. The molecule has 1 aliphatic rings. The number of benzene rings is 2. The van der Waals surface area contributed by atoms with Crippen LogP contribution in [0, 0.1) is 0 Å². The van der Waals surface area contributed by atoms with E-state index >= 15 is 0 Å². The SMILES string of the molecule is COc1ccc(CN2CCN(C(=O)[C@@H](N)CSCc3ccccc3)CC2)c(OC)c1OC. The lowest BCUT2D eigenvalue weighted by Gasteiger charge is -2.36. The van der Waals surface area contributed by atoms with Crippen LogP contribution < -0.4 is 19.9 Å². The highest BCUT2D eigenvalue weighted by Crippen LogP contribution is 2.40. The number of carbonyl (C=O) groups is 1. The second-order valence-corrected chi connectivity index (χ2v) is 8.73.